The van der Waals surface area contributed by atoms with Gasteiger partial charge in [-0.05, 0) is 30.3 Å². The third kappa shape index (κ3) is 6.47. The Morgan fingerprint density at radius 1 is 1.14 bits per heavy atom. The Kier molecular flexibility index (Phi) is 7.49. The molecule has 0 aliphatic heterocycles. The molecule has 0 saturated carbocycles. The van der Waals surface area contributed by atoms with Crippen LogP contribution in [0.2, 0.25) is 5.02 Å². The molecule has 2 aromatic rings. The number of benzene rings is 2. The van der Waals surface area contributed by atoms with Crippen LogP contribution >= 0.6 is 11.6 Å². The minimum atomic E-state index is -0.822. The first-order valence-corrected chi connectivity index (χ1v) is 8.49. The van der Waals surface area contributed by atoms with E-state index in [2.05, 4.69) is 10.6 Å². The van der Waals surface area contributed by atoms with Crippen LogP contribution in [0.4, 0.5) is 11.4 Å². The normalized spacial score (nSPS) is 10.0. The summed E-state index contributed by atoms with van der Waals surface area (Å²) >= 11 is 5.86. The second-order valence-corrected chi connectivity index (χ2v) is 5.95. The van der Waals surface area contributed by atoms with Gasteiger partial charge in [-0.25, -0.2) is 0 Å². The molecule has 0 fully saturated rings. The first-order valence-electron chi connectivity index (χ1n) is 8.12. The zero-order valence-electron chi connectivity index (χ0n) is 15.1. The van der Waals surface area contributed by atoms with E-state index in [0.29, 0.717) is 11.3 Å². The molecule has 2 amide bonds. The highest BCUT2D eigenvalue weighted by Gasteiger charge is 2.14. The number of nitro benzene ring substituents is 1. The predicted octanol–water partition coefficient (Wildman–Crippen LogP) is 2.17. The maximum absolute atomic E-state index is 11.9. The number of carbonyl (C=O) groups excluding carboxylic acids is 3. The fourth-order valence-electron chi connectivity index (χ4n) is 2.10. The molecule has 0 bridgehead atoms. The van der Waals surface area contributed by atoms with E-state index < -0.39 is 35.9 Å². The third-order valence-corrected chi connectivity index (χ3v) is 3.86. The molecule has 0 aromatic heterocycles. The standard InChI is InChI=1S/C18H16ClN3O7/c1-28-13-5-2-11(3-6-13)18(25)20-9-17(24)29-10-16(23)21-15-7-4-12(22(26)27)8-14(15)19/h2-8H,9-10H2,1H3,(H,20,25)(H,21,23). The molecule has 152 valence electrons. The largest absolute Gasteiger partial charge is 0.497 e. The molecule has 0 atom stereocenters. The minimum absolute atomic E-state index is 0.0365. The van der Waals surface area contributed by atoms with Crippen LogP contribution in [-0.2, 0) is 14.3 Å². The summed E-state index contributed by atoms with van der Waals surface area (Å²) in [5.41, 5.74) is 0.224. The van der Waals surface area contributed by atoms with Gasteiger partial charge in [-0.2, -0.15) is 0 Å². The van der Waals surface area contributed by atoms with Crippen molar-refractivity contribution >= 4 is 40.8 Å². The lowest BCUT2D eigenvalue weighted by molar-refractivity contribution is -0.384. The zero-order chi connectivity index (χ0) is 21.4. The van der Waals surface area contributed by atoms with Gasteiger partial charge in [0.05, 0.1) is 22.7 Å². The van der Waals surface area contributed by atoms with Crippen molar-refractivity contribution in [2.24, 2.45) is 0 Å². The number of ether oxygens (including phenoxy) is 2. The van der Waals surface area contributed by atoms with Gasteiger partial charge in [-0.3, -0.25) is 24.5 Å². The van der Waals surface area contributed by atoms with Crippen LogP contribution in [0.5, 0.6) is 5.75 Å². The Morgan fingerprint density at radius 2 is 1.83 bits per heavy atom. The molecular weight excluding hydrogens is 406 g/mol. The van der Waals surface area contributed by atoms with Crippen LogP contribution in [0.1, 0.15) is 10.4 Å². The number of nitro groups is 1. The Morgan fingerprint density at radius 3 is 2.41 bits per heavy atom. The summed E-state index contributed by atoms with van der Waals surface area (Å²) in [4.78, 5) is 45.5. The number of halogens is 1. The lowest BCUT2D eigenvalue weighted by Gasteiger charge is -2.09. The fraction of sp³-hybridized carbons (Fsp3) is 0.167. The molecule has 2 rings (SSSR count). The highest BCUT2D eigenvalue weighted by atomic mass is 35.5. The summed E-state index contributed by atoms with van der Waals surface area (Å²) in [6, 6.07) is 9.76. The summed E-state index contributed by atoms with van der Waals surface area (Å²) in [6.07, 6.45) is 0. The molecule has 11 heteroatoms. The predicted molar refractivity (Wildman–Crippen MR) is 103 cm³/mol. The molecule has 0 aliphatic rings. The van der Waals surface area contributed by atoms with Crippen molar-refractivity contribution in [1.82, 2.24) is 5.32 Å². The molecule has 0 saturated heterocycles. The highest BCUT2D eigenvalue weighted by molar-refractivity contribution is 6.34. The van der Waals surface area contributed by atoms with Crippen molar-refractivity contribution in [3.05, 3.63) is 63.2 Å². The second-order valence-electron chi connectivity index (χ2n) is 5.54. The van der Waals surface area contributed by atoms with Gasteiger partial charge in [-0.1, -0.05) is 11.6 Å². The smallest absolute Gasteiger partial charge is 0.325 e. The van der Waals surface area contributed by atoms with E-state index in [1.165, 1.54) is 31.4 Å². The molecule has 0 heterocycles. The van der Waals surface area contributed by atoms with Gasteiger partial charge in [0.2, 0.25) is 0 Å². The maximum Gasteiger partial charge on any atom is 0.325 e. The van der Waals surface area contributed by atoms with Crippen molar-refractivity contribution < 1.29 is 28.8 Å². The number of nitrogens with one attached hydrogen (secondary N) is 2. The van der Waals surface area contributed by atoms with Crippen LogP contribution in [0.3, 0.4) is 0 Å². The average molecular weight is 422 g/mol. The molecule has 0 unspecified atom stereocenters. The summed E-state index contributed by atoms with van der Waals surface area (Å²) < 4.78 is 9.75. The molecule has 0 radical (unpaired) electrons. The summed E-state index contributed by atoms with van der Waals surface area (Å²) in [5, 5.41) is 15.4. The monoisotopic (exact) mass is 421 g/mol. The van der Waals surface area contributed by atoms with Crippen molar-refractivity contribution in [2.45, 2.75) is 0 Å². The van der Waals surface area contributed by atoms with Gasteiger partial charge in [-0.15, -0.1) is 0 Å². The van der Waals surface area contributed by atoms with E-state index in [9.17, 15) is 24.5 Å². The van der Waals surface area contributed by atoms with E-state index >= 15 is 0 Å². The molecule has 2 N–H and O–H groups in total. The second kappa shape index (κ2) is 10.0. The van der Waals surface area contributed by atoms with Gasteiger partial charge < -0.3 is 20.1 Å². The maximum atomic E-state index is 11.9. The van der Waals surface area contributed by atoms with Gasteiger partial charge in [0, 0.05) is 17.7 Å². The first kappa shape index (κ1) is 21.6. The number of anilines is 1. The number of hydrogen-bond acceptors (Lipinski definition) is 7. The summed E-state index contributed by atoms with van der Waals surface area (Å²) in [5.74, 6) is -1.43. The molecule has 0 aliphatic carbocycles. The van der Waals surface area contributed by atoms with E-state index in [1.807, 2.05) is 0 Å². The van der Waals surface area contributed by atoms with E-state index in [0.717, 1.165) is 6.07 Å². The molecular formula is C18H16ClN3O7. The molecule has 2 aromatic carbocycles. The number of hydrogen-bond donors (Lipinski definition) is 2. The Labute approximate surface area is 169 Å². The van der Waals surface area contributed by atoms with Crippen molar-refractivity contribution in [3.8, 4) is 5.75 Å². The SMILES string of the molecule is COc1ccc(C(=O)NCC(=O)OCC(=O)Nc2ccc([N+](=O)[O-])cc2Cl)cc1. The Balaban J connectivity index is 1.77. The minimum Gasteiger partial charge on any atom is -0.497 e. The third-order valence-electron chi connectivity index (χ3n) is 3.55. The summed E-state index contributed by atoms with van der Waals surface area (Å²) in [6.45, 7) is -1.05. The molecule has 29 heavy (non-hydrogen) atoms. The van der Waals surface area contributed by atoms with Crippen molar-refractivity contribution in [1.29, 1.82) is 0 Å². The number of methoxy groups -OCH3 is 1. The number of rotatable bonds is 8. The lowest BCUT2D eigenvalue weighted by Crippen LogP contribution is -2.32. The van der Waals surface area contributed by atoms with E-state index in [1.54, 1.807) is 12.1 Å². The van der Waals surface area contributed by atoms with Crippen molar-refractivity contribution in [3.63, 3.8) is 0 Å². The van der Waals surface area contributed by atoms with Crippen LogP contribution in [-0.4, -0.2) is 43.0 Å². The van der Waals surface area contributed by atoms with Crippen LogP contribution in [0.15, 0.2) is 42.5 Å². The van der Waals surface area contributed by atoms with Gasteiger partial charge in [0.15, 0.2) is 6.61 Å². The quantitative estimate of drug-likeness (QED) is 0.378. The average Bonchev–Trinajstić information content (AvgIpc) is 2.71. The van der Waals surface area contributed by atoms with Crippen LogP contribution in [0, 0.1) is 10.1 Å². The van der Waals surface area contributed by atoms with Crippen LogP contribution in [0.25, 0.3) is 0 Å². The fourth-order valence-corrected chi connectivity index (χ4v) is 2.32. The van der Waals surface area contributed by atoms with Crippen molar-refractivity contribution in [2.75, 3.05) is 25.6 Å². The van der Waals surface area contributed by atoms with E-state index in [-0.39, 0.29) is 16.4 Å². The van der Waals surface area contributed by atoms with Crippen LogP contribution < -0.4 is 15.4 Å². The van der Waals surface area contributed by atoms with Gasteiger partial charge in [0.1, 0.15) is 12.3 Å². The summed E-state index contributed by atoms with van der Waals surface area (Å²) in [7, 11) is 1.50. The number of carbonyl (C=O) groups is 3. The van der Waals surface area contributed by atoms with Gasteiger partial charge in [0.25, 0.3) is 17.5 Å². The number of nitrogens with zero attached hydrogens (tertiary/aromatic N) is 1. The lowest BCUT2D eigenvalue weighted by atomic mass is 10.2. The first-order chi connectivity index (χ1) is 13.8. The zero-order valence-corrected chi connectivity index (χ0v) is 15.9. The molecule has 10 nitrogen and oxygen atoms in total. The number of amides is 2. The molecule has 0 spiro atoms. The number of esters is 1. The number of non-ortho nitro benzene ring substituents is 1. The van der Waals surface area contributed by atoms with E-state index in [4.69, 9.17) is 21.1 Å². The Bertz CT molecular complexity index is 932. The Hall–Kier alpha value is -3.66. The highest BCUT2D eigenvalue weighted by Crippen LogP contribution is 2.26. The van der Waals surface area contributed by atoms with Gasteiger partial charge >= 0.3 is 5.97 Å². The topological polar surface area (TPSA) is 137 Å².